The molecule has 26 heavy (non-hydrogen) atoms. The van der Waals surface area contributed by atoms with Crippen molar-refractivity contribution < 1.29 is 4.65 Å². The van der Waals surface area contributed by atoms with Gasteiger partial charge < -0.3 is 9.85 Å². The predicted molar refractivity (Wildman–Crippen MR) is 118 cm³/mol. The third kappa shape index (κ3) is 23.7. The number of hydroxylamine groups is 3. The molecule has 156 valence electrons. The molecule has 0 saturated heterocycles. The molecule has 0 spiro atoms. The number of nitrogens with zero attached hydrogens (tertiary/aromatic N) is 1. The highest BCUT2D eigenvalue weighted by molar-refractivity contribution is 4.81. The number of hydrogen-bond donors (Lipinski definition) is 0. The van der Waals surface area contributed by atoms with E-state index in [1.165, 1.54) is 109 Å². The third-order valence-corrected chi connectivity index (χ3v) is 5.19. The Hall–Kier alpha value is -0.340. The Balaban J connectivity index is 3.07. The van der Waals surface area contributed by atoms with Crippen molar-refractivity contribution in [3.8, 4) is 0 Å². The summed E-state index contributed by atoms with van der Waals surface area (Å²) in [6.07, 6.45) is 29.6. The van der Waals surface area contributed by atoms with Crippen LogP contribution in [0.2, 0.25) is 0 Å². The van der Waals surface area contributed by atoms with Crippen LogP contribution >= 0.6 is 0 Å². The van der Waals surface area contributed by atoms with Crippen molar-refractivity contribution in [1.82, 2.24) is 0 Å². The zero-order valence-electron chi connectivity index (χ0n) is 18.4. The van der Waals surface area contributed by atoms with Crippen molar-refractivity contribution >= 4 is 0 Å². The summed E-state index contributed by atoms with van der Waals surface area (Å²) >= 11 is 0. The zero-order chi connectivity index (χ0) is 19.3. The molecule has 0 heterocycles. The second-order valence-corrected chi connectivity index (χ2v) is 8.67. The Morgan fingerprint density at radius 2 is 0.885 bits per heavy atom. The topological polar surface area (TPSA) is 23.1 Å². The molecule has 0 aliphatic carbocycles. The summed E-state index contributed by atoms with van der Waals surface area (Å²) in [4.78, 5) is 0. The van der Waals surface area contributed by atoms with Gasteiger partial charge in [-0.1, -0.05) is 116 Å². The summed E-state index contributed by atoms with van der Waals surface area (Å²) in [6.45, 7) is 2.89. The highest BCUT2D eigenvalue weighted by Crippen LogP contribution is 2.14. The Morgan fingerprint density at radius 3 is 1.23 bits per heavy atom. The normalized spacial score (nSPS) is 12.3. The molecule has 0 rings (SSSR count). The Bertz CT molecular complexity index is 293. The Labute approximate surface area is 165 Å². The number of allylic oxidation sites excluding steroid dienone is 1. The van der Waals surface area contributed by atoms with Crippen molar-refractivity contribution in [3.63, 3.8) is 0 Å². The largest absolute Gasteiger partial charge is 0.633 e. The molecule has 0 radical (unpaired) electrons. The summed E-state index contributed by atoms with van der Waals surface area (Å²) in [7, 11) is 3.39. The molecule has 2 nitrogen and oxygen atoms in total. The van der Waals surface area contributed by atoms with Crippen LogP contribution in [0, 0.1) is 5.21 Å². The first-order valence-electron chi connectivity index (χ1n) is 11.8. The van der Waals surface area contributed by atoms with Gasteiger partial charge in [0.25, 0.3) is 0 Å². The second kappa shape index (κ2) is 19.4. The molecule has 0 unspecified atom stereocenters. The lowest BCUT2D eigenvalue weighted by Crippen LogP contribution is -2.31. The van der Waals surface area contributed by atoms with Crippen molar-refractivity contribution in [1.29, 1.82) is 0 Å². The molecule has 0 bridgehead atoms. The summed E-state index contributed by atoms with van der Waals surface area (Å²) in [5.41, 5.74) is 0. The molecular weight excluding hydrogens is 318 g/mol. The number of hydrogen-bond acceptors (Lipinski definition) is 1. The fourth-order valence-corrected chi connectivity index (χ4v) is 3.43. The maximum absolute atomic E-state index is 11.4. The van der Waals surface area contributed by atoms with E-state index in [0.717, 1.165) is 6.42 Å². The van der Waals surface area contributed by atoms with Gasteiger partial charge in [-0.05, 0) is 18.9 Å². The minimum Gasteiger partial charge on any atom is -0.633 e. The van der Waals surface area contributed by atoms with Crippen LogP contribution < -0.4 is 0 Å². The van der Waals surface area contributed by atoms with Crippen LogP contribution in [0.1, 0.15) is 122 Å². The van der Waals surface area contributed by atoms with E-state index in [-0.39, 0.29) is 4.65 Å². The first kappa shape index (κ1) is 25.7. The van der Waals surface area contributed by atoms with E-state index in [1.807, 2.05) is 6.08 Å². The molecule has 0 N–H and O–H groups in total. The van der Waals surface area contributed by atoms with Gasteiger partial charge in [0.1, 0.15) is 0 Å². The molecule has 0 fully saturated rings. The number of unbranched alkanes of at least 4 members (excludes halogenated alkanes) is 17. The quantitative estimate of drug-likeness (QED) is 0.0921. The third-order valence-electron chi connectivity index (χ3n) is 5.19. The molecule has 0 aliphatic rings. The maximum Gasteiger partial charge on any atom is 0.0966 e. The van der Waals surface area contributed by atoms with Gasteiger partial charge in [0.2, 0.25) is 0 Å². The number of rotatable bonds is 20. The van der Waals surface area contributed by atoms with Gasteiger partial charge in [-0.25, -0.2) is 0 Å². The standard InChI is InChI=1S/C24H49NO/c1-4-5-6-7-8-9-10-11-12-13-14-15-16-17-18-19-20-21-22-23-24-25(2,3)26/h22-23H,4-21,24H2,1-3H3. The Kier molecular flexibility index (Phi) is 19.2. The van der Waals surface area contributed by atoms with Crippen LogP contribution in [0.4, 0.5) is 0 Å². The monoisotopic (exact) mass is 367 g/mol. The summed E-state index contributed by atoms with van der Waals surface area (Å²) < 4.78 is -0.213. The van der Waals surface area contributed by atoms with E-state index >= 15 is 0 Å². The van der Waals surface area contributed by atoms with Crippen LogP contribution in [-0.2, 0) is 0 Å². The summed E-state index contributed by atoms with van der Waals surface area (Å²) in [5, 5.41) is 11.4. The van der Waals surface area contributed by atoms with Crippen LogP contribution in [0.3, 0.4) is 0 Å². The highest BCUT2D eigenvalue weighted by atomic mass is 16.5. The summed E-state index contributed by atoms with van der Waals surface area (Å²) in [6, 6.07) is 0. The van der Waals surface area contributed by atoms with Crippen molar-refractivity contribution in [2.75, 3.05) is 20.6 Å². The average Bonchev–Trinajstić information content (AvgIpc) is 2.59. The van der Waals surface area contributed by atoms with Crippen molar-refractivity contribution in [2.45, 2.75) is 122 Å². The van der Waals surface area contributed by atoms with E-state index in [4.69, 9.17) is 0 Å². The van der Waals surface area contributed by atoms with Crippen LogP contribution in [0.5, 0.6) is 0 Å². The van der Waals surface area contributed by atoms with Gasteiger partial charge in [-0.15, -0.1) is 0 Å². The van der Waals surface area contributed by atoms with Gasteiger partial charge in [0.15, 0.2) is 0 Å². The zero-order valence-corrected chi connectivity index (χ0v) is 18.4. The SMILES string of the molecule is CCCCCCCCCCCCCCCCCCCC=CC[N+](C)(C)[O-]. The van der Waals surface area contributed by atoms with Crippen molar-refractivity contribution in [3.05, 3.63) is 17.4 Å². The lowest BCUT2D eigenvalue weighted by molar-refractivity contribution is -0.833. The fraction of sp³-hybridized carbons (Fsp3) is 0.917. The lowest BCUT2D eigenvalue weighted by Gasteiger charge is -2.32. The molecule has 0 atom stereocenters. The highest BCUT2D eigenvalue weighted by Gasteiger charge is 1.96. The van der Waals surface area contributed by atoms with E-state index < -0.39 is 0 Å². The van der Waals surface area contributed by atoms with Gasteiger partial charge in [0, 0.05) is 0 Å². The van der Waals surface area contributed by atoms with Crippen molar-refractivity contribution in [2.24, 2.45) is 0 Å². The van der Waals surface area contributed by atoms with Crippen LogP contribution in [0.15, 0.2) is 12.2 Å². The van der Waals surface area contributed by atoms with Gasteiger partial charge in [-0.2, -0.15) is 0 Å². The Morgan fingerprint density at radius 1 is 0.538 bits per heavy atom. The molecule has 0 aromatic heterocycles. The first-order valence-corrected chi connectivity index (χ1v) is 11.8. The van der Waals surface area contributed by atoms with Gasteiger partial charge in [-0.3, -0.25) is 0 Å². The summed E-state index contributed by atoms with van der Waals surface area (Å²) in [5.74, 6) is 0. The molecule has 0 saturated carbocycles. The van der Waals surface area contributed by atoms with Crippen LogP contribution in [-0.4, -0.2) is 25.3 Å². The molecule has 0 aromatic rings. The van der Waals surface area contributed by atoms with Gasteiger partial charge >= 0.3 is 0 Å². The minimum atomic E-state index is -0.213. The van der Waals surface area contributed by atoms with Gasteiger partial charge in [0.05, 0.1) is 20.6 Å². The molecule has 0 aliphatic heterocycles. The maximum atomic E-state index is 11.4. The van der Waals surface area contributed by atoms with E-state index in [1.54, 1.807) is 14.1 Å². The lowest BCUT2D eigenvalue weighted by atomic mass is 10.0. The average molecular weight is 368 g/mol. The van der Waals surface area contributed by atoms with E-state index in [0.29, 0.717) is 6.54 Å². The van der Waals surface area contributed by atoms with Crippen LogP contribution in [0.25, 0.3) is 0 Å². The smallest absolute Gasteiger partial charge is 0.0966 e. The minimum absolute atomic E-state index is 0.213. The van der Waals surface area contributed by atoms with E-state index in [9.17, 15) is 5.21 Å². The molecule has 2 heteroatoms. The molecule has 0 amide bonds. The number of likely N-dealkylation sites (N-methyl/N-ethyl adjacent to an activating group) is 1. The predicted octanol–water partition coefficient (Wildman–Crippen LogP) is 8.16. The second-order valence-electron chi connectivity index (χ2n) is 8.67. The number of quaternary nitrogens is 1. The first-order chi connectivity index (χ1) is 12.6. The molecule has 0 aromatic carbocycles. The fourth-order valence-electron chi connectivity index (χ4n) is 3.43. The molecular formula is C24H49NO. The van der Waals surface area contributed by atoms with E-state index in [2.05, 4.69) is 13.0 Å².